The molecule has 1 heterocycles. The van der Waals surface area contributed by atoms with Crippen LogP contribution in [0.3, 0.4) is 0 Å². The summed E-state index contributed by atoms with van der Waals surface area (Å²) in [5, 5.41) is 4.43. The highest BCUT2D eigenvalue weighted by Crippen LogP contribution is 2.26. The van der Waals surface area contributed by atoms with Crippen LogP contribution in [0.4, 0.5) is 0 Å². The third-order valence-corrected chi connectivity index (χ3v) is 3.83. The number of rotatable bonds is 9. The molecule has 19 heavy (non-hydrogen) atoms. The Morgan fingerprint density at radius 2 is 2.21 bits per heavy atom. The van der Waals surface area contributed by atoms with Crippen LogP contribution in [0.2, 0.25) is 0 Å². The molecule has 1 aromatic heterocycles. The molecule has 0 aliphatic carbocycles. The Morgan fingerprint density at radius 3 is 2.79 bits per heavy atom. The van der Waals surface area contributed by atoms with Crippen molar-refractivity contribution < 1.29 is 0 Å². The first-order valence-corrected chi connectivity index (χ1v) is 7.71. The van der Waals surface area contributed by atoms with E-state index in [1.807, 2.05) is 10.9 Å². The molecule has 1 unspecified atom stereocenters. The van der Waals surface area contributed by atoms with Crippen molar-refractivity contribution in [1.82, 2.24) is 20.1 Å². The van der Waals surface area contributed by atoms with E-state index in [0.717, 1.165) is 29.7 Å². The van der Waals surface area contributed by atoms with Gasteiger partial charge in [0, 0.05) is 6.54 Å². The molecule has 1 rings (SSSR count). The molecule has 6 heteroatoms. The van der Waals surface area contributed by atoms with Gasteiger partial charge in [0.05, 0.1) is 29.0 Å². The molecule has 1 aromatic rings. The quantitative estimate of drug-likeness (QED) is 0.414. The molecular formula is C13H26BrN5. The normalized spacial score (nSPS) is 13.2. The van der Waals surface area contributed by atoms with E-state index in [0.29, 0.717) is 0 Å². The molecule has 5 nitrogen and oxygen atoms in total. The number of nitrogens with zero attached hydrogens (tertiary/aromatic N) is 3. The Labute approximate surface area is 124 Å². The zero-order chi connectivity index (χ0) is 14.3. The van der Waals surface area contributed by atoms with Crippen LogP contribution in [-0.4, -0.2) is 35.3 Å². The van der Waals surface area contributed by atoms with Gasteiger partial charge in [-0.1, -0.05) is 26.2 Å². The van der Waals surface area contributed by atoms with Crippen LogP contribution in [0.1, 0.15) is 44.3 Å². The summed E-state index contributed by atoms with van der Waals surface area (Å²) >= 11 is 3.58. The maximum Gasteiger partial charge on any atom is 0.0709 e. The fourth-order valence-corrected chi connectivity index (χ4v) is 2.66. The lowest BCUT2D eigenvalue weighted by Gasteiger charge is -2.19. The van der Waals surface area contributed by atoms with Crippen LogP contribution < -0.4 is 11.3 Å². The van der Waals surface area contributed by atoms with E-state index in [1.54, 1.807) is 0 Å². The third-order valence-electron chi connectivity index (χ3n) is 3.22. The minimum absolute atomic E-state index is 0.158. The zero-order valence-corrected chi connectivity index (χ0v) is 13.8. The van der Waals surface area contributed by atoms with Gasteiger partial charge in [0.25, 0.3) is 0 Å². The van der Waals surface area contributed by atoms with Crippen molar-refractivity contribution in [2.75, 3.05) is 20.6 Å². The molecule has 0 aliphatic heterocycles. The second kappa shape index (κ2) is 8.68. The SMILES string of the molecule is CCCCCC(NN)c1c(Br)cnn1CCN(C)C. The number of hydrogen-bond acceptors (Lipinski definition) is 4. The molecule has 0 fully saturated rings. The van der Waals surface area contributed by atoms with Crippen LogP contribution in [0.15, 0.2) is 10.7 Å². The minimum atomic E-state index is 0.158. The monoisotopic (exact) mass is 331 g/mol. The first-order valence-electron chi connectivity index (χ1n) is 6.92. The number of unbranched alkanes of at least 4 members (excludes halogenated alkanes) is 2. The number of nitrogens with one attached hydrogen (secondary N) is 1. The smallest absolute Gasteiger partial charge is 0.0709 e. The summed E-state index contributed by atoms with van der Waals surface area (Å²) in [6.45, 7) is 4.05. The maximum absolute atomic E-state index is 5.72. The van der Waals surface area contributed by atoms with E-state index in [9.17, 15) is 0 Å². The average molecular weight is 332 g/mol. The van der Waals surface area contributed by atoms with Gasteiger partial charge < -0.3 is 4.90 Å². The van der Waals surface area contributed by atoms with Crippen LogP contribution >= 0.6 is 15.9 Å². The molecule has 0 radical (unpaired) electrons. The Bertz CT molecular complexity index is 364. The van der Waals surface area contributed by atoms with Crippen molar-refractivity contribution in [3.05, 3.63) is 16.4 Å². The van der Waals surface area contributed by atoms with Crippen molar-refractivity contribution in [2.45, 2.75) is 45.2 Å². The second-order valence-electron chi connectivity index (χ2n) is 5.12. The lowest BCUT2D eigenvalue weighted by Crippen LogP contribution is -2.31. The number of halogens is 1. The van der Waals surface area contributed by atoms with Crippen LogP contribution in [-0.2, 0) is 6.54 Å². The topological polar surface area (TPSA) is 59.1 Å². The summed E-state index contributed by atoms with van der Waals surface area (Å²) in [5.41, 5.74) is 4.08. The Morgan fingerprint density at radius 1 is 1.47 bits per heavy atom. The van der Waals surface area contributed by atoms with Crippen molar-refractivity contribution in [2.24, 2.45) is 5.84 Å². The lowest BCUT2D eigenvalue weighted by molar-refractivity contribution is 0.358. The number of hydrogen-bond donors (Lipinski definition) is 2. The van der Waals surface area contributed by atoms with E-state index in [-0.39, 0.29) is 6.04 Å². The fourth-order valence-electron chi connectivity index (χ4n) is 2.09. The average Bonchev–Trinajstić information content (AvgIpc) is 2.74. The van der Waals surface area contributed by atoms with E-state index in [1.165, 1.54) is 19.3 Å². The van der Waals surface area contributed by atoms with E-state index in [2.05, 4.69) is 52.4 Å². The van der Waals surface area contributed by atoms with Gasteiger partial charge in [0.1, 0.15) is 0 Å². The fraction of sp³-hybridized carbons (Fsp3) is 0.769. The van der Waals surface area contributed by atoms with Gasteiger partial charge >= 0.3 is 0 Å². The predicted octanol–water partition coefficient (Wildman–Crippen LogP) is 2.29. The summed E-state index contributed by atoms with van der Waals surface area (Å²) < 4.78 is 3.08. The van der Waals surface area contributed by atoms with E-state index in [4.69, 9.17) is 5.84 Å². The first-order chi connectivity index (χ1) is 9.10. The summed E-state index contributed by atoms with van der Waals surface area (Å²) in [4.78, 5) is 2.15. The number of nitrogens with two attached hydrogens (primary N) is 1. The van der Waals surface area contributed by atoms with Crippen LogP contribution in [0.25, 0.3) is 0 Å². The lowest BCUT2D eigenvalue weighted by atomic mass is 10.1. The highest BCUT2D eigenvalue weighted by molar-refractivity contribution is 9.10. The highest BCUT2D eigenvalue weighted by atomic mass is 79.9. The molecule has 0 bridgehead atoms. The molecule has 3 N–H and O–H groups in total. The molecule has 0 saturated carbocycles. The van der Waals surface area contributed by atoms with Gasteiger partial charge in [0.2, 0.25) is 0 Å². The second-order valence-corrected chi connectivity index (χ2v) is 5.97. The highest BCUT2D eigenvalue weighted by Gasteiger charge is 2.18. The molecule has 0 aromatic carbocycles. The van der Waals surface area contributed by atoms with Gasteiger partial charge in [-0.25, -0.2) is 0 Å². The van der Waals surface area contributed by atoms with Gasteiger partial charge in [-0.15, -0.1) is 0 Å². The number of aromatic nitrogens is 2. The number of hydrazine groups is 1. The summed E-state index contributed by atoms with van der Waals surface area (Å²) in [6, 6.07) is 0.158. The molecule has 110 valence electrons. The summed E-state index contributed by atoms with van der Waals surface area (Å²) in [5.74, 6) is 5.72. The predicted molar refractivity (Wildman–Crippen MR) is 82.7 cm³/mol. The molecule has 1 atom stereocenters. The van der Waals surface area contributed by atoms with Crippen LogP contribution in [0.5, 0.6) is 0 Å². The van der Waals surface area contributed by atoms with Crippen molar-refractivity contribution in [3.63, 3.8) is 0 Å². The zero-order valence-electron chi connectivity index (χ0n) is 12.2. The standard InChI is InChI=1S/C13H26BrN5/c1-4-5-6-7-12(17-15)13-11(14)10-16-19(13)9-8-18(2)3/h10,12,17H,4-9,15H2,1-3H3. The van der Waals surface area contributed by atoms with Crippen molar-refractivity contribution in [3.8, 4) is 0 Å². The van der Waals surface area contributed by atoms with Gasteiger partial charge in [0.15, 0.2) is 0 Å². The van der Waals surface area contributed by atoms with E-state index < -0.39 is 0 Å². The first kappa shape index (κ1) is 16.6. The van der Waals surface area contributed by atoms with Gasteiger partial charge in [-0.05, 0) is 36.4 Å². The third kappa shape index (κ3) is 5.22. The van der Waals surface area contributed by atoms with E-state index >= 15 is 0 Å². The van der Waals surface area contributed by atoms with Crippen molar-refractivity contribution >= 4 is 15.9 Å². The number of likely N-dealkylation sites (N-methyl/N-ethyl adjacent to an activating group) is 1. The molecule has 0 saturated heterocycles. The molecular weight excluding hydrogens is 306 g/mol. The minimum Gasteiger partial charge on any atom is -0.308 e. The van der Waals surface area contributed by atoms with Gasteiger partial charge in [-0.2, -0.15) is 5.10 Å². The Hall–Kier alpha value is -0.430. The molecule has 0 aliphatic rings. The summed E-state index contributed by atoms with van der Waals surface area (Å²) in [7, 11) is 4.14. The molecule has 0 amide bonds. The Balaban J connectivity index is 2.74. The largest absolute Gasteiger partial charge is 0.308 e. The van der Waals surface area contributed by atoms with Gasteiger partial charge in [-0.3, -0.25) is 16.0 Å². The summed E-state index contributed by atoms with van der Waals surface area (Å²) in [6.07, 6.45) is 6.53. The maximum atomic E-state index is 5.72. The molecule has 0 spiro atoms. The Kier molecular flexibility index (Phi) is 7.60. The van der Waals surface area contributed by atoms with Crippen LogP contribution in [0, 0.1) is 0 Å². The van der Waals surface area contributed by atoms with Crippen molar-refractivity contribution in [1.29, 1.82) is 0 Å².